The van der Waals surface area contributed by atoms with Gasteiger partial charge in [-0.3, -0.25) is 19.6 Å². The second-order valence-corrected chi connectivity index (χ2v) is 27.1. The molecule has 0 spiro atoms. The predicted molar refractivity (Wildman–Crippen MR) is 319 cm³/mol. The molecule has 0 radical (unpaired) electrons. The third kappa shape index (κ3) is 28.5. The van der Waals surface area contributed by atoms with Gasteiger partial charge >= 0.3 is 0 Å². The summed E-state index contributed by atoms with van der Waals surface area (Å²) >= 11 is 3.59. The molecule has 4 aliphatic rings. The van der Waals surface area contributed by atoms with Crippen LogP contribution in [0.25, 0.3) is 0 Å². The number of nitrogens with zero attached hydrogens (tertiary/aromatic N) is 4. The summed E-state index contributed by atoms with van der Waals surface area (Å²) in [7, 11) is 0. The Labute approximate surface area is 439 Å². The van der Waals surface area contributed by atoms with Gasteiger partial charge in [0.05, 0.1) is 0 Å². The largest absolute Gasteiger partial charge is 0.296 e. The molecule has 0 aliphatic carbocycles. The standard InChI is InChI=1S/2C10H21N.2C9H19N.2C9H14S.3C2H6/c2*1-9-7-5-6-8-11(9)10(2,3)4;2*1-8-6-5-7-10(8)9(2,3)4;2*1-7-5-10-6-8(7)9(2,3)4;3*1-2/h2*9H,5-8H2,1-4H3;2*8H,5-7H2,1-4H3;2*5-6H,1-4H3;3*1-2H3. The fourth-order valence-electron chi connectivity index (χ4n) is 10.3. The highest BCUT2D eigenvalue weighted by Gasteiger charge is 2.31. The Morgan fingerprint density at radius 2 is 0.544 bits per heavy atom. The molecule has 4 aliphatic heterocycles. The lowest BCUT2D eigenvalue weighted by molar-refractivity contribution is 0.0608. The van der Waals surface area contributed by atoms with E-state index in [0.29, 0.717) is 33.0 Å². The van der Waals surface area contributed by atoms with Crippen LogP contribution in [0.4, 0.5) is 0 Å². The highest BCUT2D eigenvalue weighted by atomic mass is 32.1. The molecular weight excluding hydrogens is 865 g/mol. The van der Waals surface area contributed by atoms with Crippen LogP contribution in [0.15, 0.2) is 21.5 Å². The monoisotopic (exact) mass is 991 g/mol. The highest BCUT2D eigenvalue weighted by Crippen LogP contribution is 2.30. The zero-order chi connectivity index (χ0) is 54.1. The van der Waals surface area contributed by atoms with Crippen LogP contribution in [0.2, 0.25) is 0 Å². The van der Waals surface area contributed by atoms with Crippen molar-refractivity contribution >= 4 is 22.7 Å². The number of piperidine rings is 2. The Balaban J connectivity index is -0.000000729. The summed E-state index contributed by atoms with van der Waals surface area (Å²) in [6.07, 6.45) is 13.9. The lowest BCUT2D eigenvalue weighted by Gasteiger charge is -2.43. The summed E-state index contributed by atoms with van der Waals surface area (Å²) in [5.74, 6) is 0. The topological polar surface area (TPSA) is 13.0 Å². The van der Waals surface area contributed by atoms with E-state index in [2.05, 4.69) is 207 Å². The third-order valence-electron chi connectivity index (χ3n) is 13.5. The van der Waals surface area contributed by atoms with Crippen molar-refractivity contribution in [1.29, 1.82) is 0 Å². The number of hydrogen-bond donors (Lipinski definition) is 0. The summed E-state index contributed by atoms with van der Waals surface area (Å²) in [5.41, 5.74) is 7.99. The fraction of sp³-hybridized carbons (Fsp3) is 0.871. The maximum Gasteiger partial charge on any atom is 0.0127 e. The number of likely N-dealkylation sites (tertiary alicyclic amines) is 4. The van der Waals surface area contributed by atoms with Gasteiger partial charge in [-0.05, 0) is 257 Å². The van der Waals surface area contributed by atoms with Crippen molar-refractivity contribution < 1.29 is 0 Å². The average Bonchev–Trinajstić information content (AvgIpc) is 4.06. The molecule has 4 atom stereocenters. The van der Waals surface area contributed by atoms with Gasteiger partial charge in [0.1, 0.15) is 0 Å². The van der Waals surface area contributed by atoms with Crippen molar-refractivity contribution in [3.8, 4) is 0 Å². The van der Waals surface area contributed by atoms with Crippen molar-refractivity contribution in [2.75, 3.05) is 26.2 Å². The van der Waals surface area contributed by atoms with Gasteiger partial charge in [0.2, 0.25) is 0 Å². The van der Waals surface area contributed by atoms with Crippen molar-refractivity contribution in [3.63, 3.8) is 0 Å². The zero-order valence-corrected chi connectivity index (χ0v) is 53.8. The van der Waals surface area contributed by atoms with Gasteiger partial charge in [0.25, 0.3) is 0 Å². The zero-order valence-electron chi connectivity index (χ0n) is 52.1. The van der Waals surface area contributed by atoms with E-state index < -0.39 is 0 Å². The maximum atomic E-state index is 2.62. The molecule has 406 valence electrons. The van der Waals surface area contributed by atoms with Gasteiger partial charge in [0, 0.05) is 46.3 Å². The molecule has 0 aromatic carbocycles. The first kappa shape index (κ1) is 71.5. The van der Waals surface area contributed by atoms with E-state index in [4.69, 9.17) is 0 Å². The van der Waals surface area contributed by atoms with Crippen LogP contribution in [0.1, 0.15) is 280 Å². The van der Waals surface area contributed by atoms with Gasteiger partial charge in [0.15, 0.2) is 0 Å². The lowest BCUT2D eigenvalue weighted by atomic mass is 9.87. The predicted octanol–water partition coefficient (Wildman–Crippen LogP) is 19.6. The second-order valence-electron chi connectivity index (χ2n) is 25.6. The molecule has 0 N–H and O–H groups in total. The van der Waals surface area contributed by atoms with E-state index in [0.717, 1.165) is 24.2 Å². The highest BCUT2D eigenvalue weighted by molar-refractivity contribution is 7.08. The quantitative estimate of drug-likeness (QED) is 0.261. The number of rotatable bonds is 0. The molecule has 4 unspecified atom stereocenters. The minimum atomic E-state index is 0.323. The van der Waals surface area contributed by atoms with Crippen LogP contribution < -0.4 is 0 Å². The first-order chi connectivity index (χ1) is 31.1. The molecule has 0 bridgehead atoms. The van der Waals surface area contributed by atoms with Crippen molar-refractivity contribution in [2.24, 2.45) is 0 Å². The third-order valence-corrected chi connectivity index (χ3v) is 15.2. The van der Waals surface area contributed by atoms with Crippen LogP contribution in [-0.2, 0) is 10.8 Å². The molecule has 0 amide bonds. The summed E-state index contributed by atoms with van der Waals surface area (Å²) in [6, 6.07) is 3.20. The minimum absolute atomic E-state index is 0.323. The number of aryl methyl sites for hydroxylation is 2. The number of thiophene rings is 2. The van der Waals surface area contributed by atoms with Crippen molar-refractivity contribution in [3.05, 3.63) is 43.8 Å². The summed E-state index contributed by atoms with van der Waals surface area (Å²) in [4.78, 5) is 10.4. The van der Waals surface area contributed by atoms with E-state index in [1.807, 2.05) is 41.5 Å². The molecule has 0 saturated carbocycles. The minimum Gasteiger partial charge on any atom is -0.296 e. The molecule has 6 rings (SSSR count). The molecule has 2 aromatic rings. The summed E-state index contributed by atoms with van der Waals surface area (Å²) < 4.78 is 0. The van der Waals surface area contributed by atoms with Gasteiger partial charge in [-0.25, -0.2) is 0 Å². The number of hydrogen-bond acceptors (Lipinski definition) is 6. The Hall–Kier alpha value is -0.760. The normalized spacial score (nSPS) is 21.8. The van der Waals surface area contributed by atoms with Crippen LogP contribution in [-0.4, -0.2) is 92.1 Å². The summed E-state index contributed by atoms with van der Waals surface area (Å²) in [5, 5.41) is 8.91. The van der Waals surface area contributed by atoms with Crippen molar-refractivity contribution in [1.82, 2.24) is 19.6 Å². The van der Waals surface area contributed by atoms with Gasteiger partial charge in [-0.15, -0.1) is 0 Å². The van der Waals surface area contributed by atoms with Crippen molar-refractivity contribution in [2.45, 2.75) is 329 Å². The van der Waals surface area contributed by atoms with Gasteiger partial charge in [-0.1, -0.05) is 95.9 Å². The molecule has 4 fully saturated rings. The van der Waals surface area contributed by atoms with Crippen LogP contribution in [0.3, 0.4) is 0 Å². The molecule has 4 saturated heterocycles. The Bertz CT molecular complexity index is 1370. The Morgan fingerprint density at radius 1 is 0.338 bits per heavy atom. The average molecular weight is 992 g/mol. The van der Waals surface area contributed by atoms with E-state index in [1.54, 1.807) is 22.7 Å². The SMILES string of the molecule is CC.CC.CC.CC1CCCCN1C(C)(C)C.CC1CCCCN1C(C)(C)C.CC1CCCN1C(C)(C)C.CC1CCCN1C(C)(C)C.Cc1cscc1C(C)(C)C.Cc1cscc1C(C)(C)C. The van der Waals surface area contributed by atoms with Crippen LogP contribution >= 0.6 is 22.7 Å². The molecular formula is C62H126N4S2. The van der Waals surface area contributed by atoms with Gasteiger partial charge < -0.3 is 0 Å². The Morgan fingerprint density at radius 3 is 0.662 bits per heavy atom. The molecule has 6 heteroatoms. The maximum absolute atomic E-state index is 2.62. The van der Waals surface area contributed by atoms with Crippen LogP contribution in [0, 0.1) is 13.8 Å². The van der Waals surface area contributed by atoms with Gasteiger partial charge in [-0.2, -0.15) is 22.7 Å². The second kappa shape index (κ2) is 33.9. The van der Waals surface area contributed by atoms with E-state index in [1.165, 1.54) is 113 Å². The fourth-order valence-corrected chi connectivity index (χ4v) is 12.5. The van der Waals surface area contributed by atoms with Crippen LogP contribution in [0.5, 0.6) is 0 Å². The summed E-state index contributed by atoms with van der Waals surface area (Å²) in [6.45, 7) is 72.1. The molecule has 4 nitrogen and oxygen atoms in total. The first-order valence-corrected chi connectivity index (χ1v) is 30.1. The lowest BCUT2D eigenvalue weighted by Crippen LogP contribution is -2.49. The Kier molecular flexibility index (Phi) is 35.6. The smallest absolute Gasteiger partial charge is 0.0127 e. The van der Waals surface area contributed by atoms with E-state index >= 15 is 0 Å². The molecule has 6 heterocycles. The molecule has 68 heavy (non-hydrogen) atoms. The van der Waals surface area contributed by atoms with E-state index in [-0.39, 0.29) is 0 Å². The van der Waals surface area contributed by atoms with E-state index in [9.17, 15) is 0 Å². The first-order valence-electron chi connectivity index (χ1n) is 28.2. The molecule has 2 aromatic heterocycles.